The van der Waals surface area contributed by atoms with Crippen molar-refractivity contribution in [1.29, 1.82) is 0 Å². The zero-order valence-corrected chi connectivity index (χ0v) is 29.1. The van der Waals surface area contributed by atoms with Crippen molar-refractivity contribution in [1.82, 2.24) is 4.57 Å². The lowest BCUT2D eigenvalue weighted by Gasteiger charge is -2.24. The van der Waals surface area contributed by atoms with E-state index >= 15 is 0 Å². The Kier molecular flexibility index (Phi) is 9.51. The SMILES string of the molecule is CCOC(=O)C1=C(C)N=c2s/c(=C/c3cc(I)c(OCc4ccc(Br)cc4)c(I)c3)c(=O)n2[C@@H]1c1ccc(C)cc1. The van der Waals surface area contributed by atoms with E-state index in [1.807, 2.05) is 73.7 Å². The van der Waals surface area contributed by atoms with Crippen LogP contribution in [0.3, 0.4) is 0 Å². The molecule has 0 fully saturated rings. The number of aromatic nitrogens is 1. The third-order valence-electron chi connectivity index (χ3n) is 6.52. The summed E-state index contributed by atoms with van der Waals surface area (Å²) in [5.74, 6) is 0.346. The summed E-state index contributed by atoms with van der Waals surface area (Å²) in [7, 11) is 0. The summed E-state index contributed by atoms with van der Waals surface area (Å²) in [5.41, 5.74) is 4.61. The van der Waals surface area contributed by atoms with E-state index in [2.05, 4.69) is 66.1 Å². The molecule has 1 aliphatic rings. The van der Waals surface area contributed by atoms with Crippen molar-refractivity contribution >= 4 is 84.5 Å². The molecule has 0 saturated heterocycles. The van der Waals surface area contributed by atoms with Crippen molar-refractivity contribution in [2.24, 2.45) is 4.99 Å². The van der Waals surface area contributed by atoms with Crippen LogP contribution in [0.5, 0.6) is 5.75 Å². The number of fused-ring (bicyclic) bond motifs is 1. The maximum absolute atomic E-state index is 13.9. The zero-order valence-electron chi connectivity index (χ0n) is 22.4. The molecule has 0 amide bonds. The second kappa shape index (κ2) is 12.9. The number of carbonyl (C=O) groups excluding carboxylic acids is 1. The molecule has 0 saturated carbocycles. The lowest BCUT2D eigenvalue weighted by Crippen LogP contribution is -2.39. The summed E-state index contributed by atoms with van der Waals surface area (Å²) in [6.45, 7) is 6.26. The Labute approximate surface area is 277 Å². The Bertz CT molecular complexity index is 1820. The summed E-state index contributed by atoms with van der Waals surface area (Å²) in [4.78, 5) is 32.2. The topological polar surface area (TPSA) is 69.9 Å². The number of nitrogens with zero attached hydrogens (tertiary/aromatic N) is 2. The van der Waals surface area contributed by atoms with Gasteiger partial charge in [-0.05, 0) is 113 Å². The fourth-order valence-electron chi connectivity index (χ4n) is 4.54. The van der Waals surface area contributed by atoms with Gasteiger partial charge in [0.2, 0.25) is 0 Å². The van der Waals surface area contributed by atoms with E-state index in [0.29, 0.717) is 27.2 Å². The highest BCUT2D eigenvalue weighted by Gasteiger charge is 2.33. The van der Waals surface area contributed by atoms with Crippen LogP contribution in [0.2, 0.25) is 0 Å². The molecule has 10 heteroatoms. The van der Waals surface area contributed by atoms with Gasteiger partial charge in [-0.15, -0.1) is 0 Å². The molecule has 6 nitrogen and oxygen atoms in total. The summed E-state index contributed by atoms with van der Waals surface area (Å²) in [5, 5.41) is 0. The number of carbonyl (C=O) groups is 1. The number of rotatable bonds is 7. The molecule has 0 bridgehead atoms. The first kappa shape index (κ1) is 30.2. The van der Waals surface area contributed by atoms with Crippen molar-refractivity contribution in [2.75, 3.05) is 6.61 Å². The van der Waals surface area contributed by atoms with Gasteiger partial charge in [0.05, 0.1) is 35.6 Å². The average Bonchev–Trinajstić information content (AvgIpc) is 3.23. The highest BCUT2D eigenvalue weighted by Crippen LogP contribution is 2.32. The molecule has 0 N–H and O–H groups in total. The molecule has 1 atom stereocenters. The molecule has 0 spiro atoms. The van der Waals surface area contributed by atoms with Gasteiger partial charge in [0, 0.05) is 4.47 Å². The highest BCUT2D eigenvalue weighted by atomic mass is 127. The first-order valence-corrected chi connectivity index (χ1v) is 16.6. The van der Waals surface area contributed by atoms with Gasteiger partial charge in [-0.25, -0.2) is 9.79 Å². The van der Waals surface area contributed by atoms with Gasteiger partial charge in [-0.3, -0.25) is 9.36 Å². The van der Waals surface area contributed by atoms with E-state index < -0.39 is 12.0 Å². The lowest BCUT2D eigenvalue weighted by atomic mass is 9.95. The van der Waals surface area contributed by atoms with Gasteiger partial charge in [-0.2, -0.15) is 0 Å². The van der Waals surface area contributed by atoms with Crippen LogP contribution >= 0.6 is 72.4 Å². The zero-order chi connectivity index (χ0) is 29.3. The first-order chi connectivity index (χ1) is 19.7. The van der Waals surface area contributed by atoms with E-state index in [-0.39, 0.29) is 12.2 Å². The molecule has 0 unspecified atom stereocenters. The molecule has 2 heterocycles. The van der Waals surface area contributed by atoms with E-state index in [1.54, 1.807) is 18.4 Å². The lowest BCUT2D eigenvalue weighted by molar-refractivity contribution is -0.139. The summed E-state index contributed by atoms with van der Waals surface area (Å²) in [6.07, 6.45) is 1.88. The van der Waals surface area contributed by atoms with Crippen molar-refractivity contribution < 1.29 is 14.3 Å². The third-order valence-corrected chi connectivity index (χ3v) is 9.64. The predicted octanol–water partition coefficient (Wildman–Crippen LogP) is 6.66. The fourth-order valence-corrected chi connectivity index (χ4v) is 7.98. The summed E-state index contributed by atoms with van der Waals surface area (Å²) >= 11 is 9.31. The van der Waals surface area contributed by atoms with E-state index in [0.717, 1.165) is 39.6 Å². The molecule has 1 aromatic heterocycles. The minimum Gasteiger partial charge on any atom is -0.487 e. The summed E-state index contributed by atoms with van der Waals surface area (Å²) in [6, 6.07) is 19.3. The maximum Gasteiger partial charge on any atom is 0.338 e. The molecule has 0 aliphatic carbocycles. The Morgan fingerprint density at radius 1 is 1.07 bits per heavy atom. The number of aryl methyl sites for hydroxylation is 1. The Morgan fingerprint density at radius 2 is 1.73 bits per heavy atom. The molecule has 0 radical (unpaired) electrons. The van der Waals surface area contributed by atoms with Gasteiger partial charge >= 0.3 is 5.97 Å². The number of allylic oxidation sites excluding steroid dienone is 1. The Balaban J connectivity index is 1.54. The number of hydrogen-bond acceptors (Lipinski definition) is 6. The maximum atomic E-state index is 13.9. The third kappa shape index (κ3) is 6.55. The molecule has 5 rings (SSSR count). The average molecular weight is 855 g/mol. The number of thiazole rings is 1. The Hall–Kier alpha value is -2.29. The second-order valence-corrected chi connectivity index (χ2v) is 13.7. The van der Waals surface area contributed by atoms with Crippen molar-refractivity contribution in [2.45, 2.75) is 33.4 Å². The molecular weight excluding hydrogens is 830 g/mol. The van der Waals surface area contributed by atoms with Crippen molar-refractivity contribution in [3.63, 3.8) is 0 Å². The van der Waals surface area contributed by atoms with Crippen molar-refractivity contribution in [3.8, 4) is 5.75 Å². The molecule has 3 aromatic carbocycles. The molecule has 41 heavy (non-hydrogen) atoms. The summed E-state index contributed by atoms with van der Waals surface area (Å²) < 4.78 is 16.6. The Morgan fingerprint density at radius 3 is 2.37 bits per heavy atom. The minimum absolute atomic E-state index is 0.200. The highest BCUT2D eigenvalue weighted by molar-refractivity contribution is 14.1. The number of esters is 1. The number of ether oxygens (including phenoxy) is 2. The molecule has 4 aromatic rings. The van der Waals surface area contributed by atoms with E-state index in [9.17, 15) is 9.59 Å². The smallest absolute Gasteiger partial charge is 0.338 e. The monoisotopic (exact) mass is 854 g/mol. The van der Waals surface area contributed by atoms with Crippen LogP contribution in [0.1, 0.15) is 42.1 Å². The number of hydrogen-bond donors (Lipinski definition) is 0. The van der Waals surface area contributed by atoms with Crippen LogP contribution in [0.25, 0.3) is 6.08 Å². The van der Waals surface area contributed by atoms with E-state index in [1.165, 1.54) is 11.3 Å². The van der Waals surface area contributed by atoms with Gasteiger partial charge in [-0.1, -0.05) is 69.2 Å². The van der Waals surface area contributed by atoms with Crippen molar-refractivity contribution in [3.05, 3.63) is 125 Å². The molecular formula is C31H25BrI2N2O4S. The first-order valence-electron chi connectivity index (χ1n) is 12.8. The van der Waals surface area contributed by atoms with Crippen LogP contribution in [-0.2, 0) is 16.1 Å². The van der Waals surface area contributed by atoms with Gasteiger partial charge in [0.25, 0.3) is 5.56 Å². The second-order valence-electron chi connectivity index (χ2n) is 9.44. The van der Waals surface area contributed by atoms with Crippen LogP contribution < -0.4 is 19.6 Å². The van der Waals surface area contributed by atoms with Gasteiger partial charge in [0.1, 0.15) is 12.4 Å². The largest absolute Gasteiger partial charge is 0.487 e. The van der Waals surface area contributed by atoms with Crippen LogP contribution in [0, 0.1) is 14.1 Å². The predicted molar refractivity (Wildman–Crippen MR) is 182 cm³/mol. The van der Waals surface area contributed by atoms with Gasteiger partial charge < -0.3 is 9.47 Å². The van der Waals surface area contributed by atoms with E-state index in [4.69, 9.17) is 9.47 Å². The fraction of sp³-hybridized carbons (Fsp3) is 0.194. The number of halogens is 3. The van der Waals surface area contributed by atoms with Crippen LogP contribution in [-0.4, -0.2) is 17.1 Å². The van der Waals surface area contributed by atoms with Crippen LogP contribution in [0.4, 0.5) is 0 Å². The molecule has 1 aliphatic heterocycles. The quantitative estimate of drug-likeness (QED) is 0.154. The minimum atomic E-state index is -0.622. The number of benzene rings is 3. The normalized spacial score (nSPS) is 15.0. The van der Waals surface area contributed by atoms with Gasteiger partial charge in [0.15, 0.2) is 4.80 Å². The standard InChI is InChI=1S/C31H25BrI2N2O4S/c1-4-39-30(38)26-18(3)35-31-36(27(26)21-9-5-17(2)6-10-21)29(37)25(41-31)15-20-13-23(33)28(24(34)14-20)40-16-19-7-11-22(32)12-8-19/h5-15,27H,4,16H2,1-3H3/b25-15+/t27-/m1/s1. The van der Waals surface area contributed by atoms with Crippen LogP contribution in [0.15, 0.2) is 86.2 Å². The molecule has 210 valence electrons.